The first kappa shape index (κ1) is 61.3. The van der Waals surface area contributed by atoms with Crippen molar-refractivity contribution in [2.45, 2.75) is 315 Å². The van der Waals surface area contributed by atoms with E-state index in [9.17, 15) is 19.8 Å². The van der Waals surface area contributed by atoms with Crippen molar-refractivity contribution < 1.29 is 24.5 Å². The highest BCUT2D eigenvalue weighted by molar-refractivity contribution is 5.76. The van der Waals surface area contributed by atoms with Crippen LogP contribution in [0.25, 0.3) is 0 Å². The van der Waals surface area contributed by atoms with Crippen molar-refractivity contribution in [2.24, 2.45) is 0 Å². The molecule has 0 spiro atoms. The molecule has 0 aliphatic carbocycles. The van der Waals surface area contributed by atoms with E-state index in [-0.39, 0.29) is 18.5 Å². The molecular weight excluding hydrogens is 779 g/mol. The highest BCUT2D eigenvalue weighted by Crippen LogP contribution is 2.16. The molecule has 3 N–H and O–H groups in total. The van der Waals surface area contributed by atoms with Crippen LogP contribution in [0.4, 0.5) is 0 Å². The summed E-state index contributed by atoms with van der Waals surface area (Å²) in [5, 5.41) is 23.1. The summed E-state index contributed by atoms with van der Waals surface area (Å²) in [5.41, 5.74) is 0. The van der Waals surface area contributed by atoms with Crippen LogP contribution in [0.5, 0.6) is 0 Å². The molecule has 0 radical (unpaired) electrons. The van der Waals surface area contributed by atoms with Crippen molar-refractivity contribution in [2.75, 3.05) is 13.2 Å². The predicted molar refractivity (Wildman–Crippen MR) is 273 cm³/mol. The number of hydrogen-bond acceptors (Lipinski definition) is 5. The van der Waals surface area contributed by atoms with Crippen molar-refractivity contribution in [1.29, 1.82) is 0 Å². The number of esters is 1. The van der Waals surface area contributed by atoms with Gasteiger partial charge in [-0.2, -0.15) is 0 Å². The molecule has 0 aromatic rings. The maximum atomic E-state index is 12.5. The highest BCUT2D eigenvalue weighted by Gasteiger charge is 2.18. The lowest BCUT2D eigenvalue weighted by Gasteiger charge is -2.20. The van der Waals surface area contributed by atoms with Crippen LogP contribution >= 0.6 is 0 Å². The minimum absolute atomic E-state index is 0.0301. The summed E-state index contributed by atoms with van der Waals surface area (Å²) >= 11 is 0. The van der Waals surface area contributed by atoms with Gasteiger partial charge in [0.05, 0.1) is 25.4 Å². The van der Waals surface area contributed by atoms with Gasteiger partial charge in [-0.05, 0) is 57.8 Å². The van der Waals surface area contributed by atoms with Crippen LogP contribution < -0.4 is 5.32 Å². The summed E-state index contributed by atoms with van der Waals surface area (Å²) < 4.78 is 5.46. The number of aliphatic hydroxyl groups is 2. The Bertz CT molecular complexity index is 982. The third-order valence-corrected chi connectivity index (χ3v) is 13.0. The average Bonchev–Trinajstić information content (AvgIpc) is 3.28. The topological polar surface area (TPSA) is 95.9 Å². The normalized spacial score (nSPS) is 12.8. The number of aliphatic hydroxyl groups excluding tert-OH is 2. The maximum absolute atomic E-state index is 12.5. The van der Waals surface area contributed by atoms with Crippen LogP contribution in [0.1, 0.15) is 303 Å². The fraction of sp³-hybridized carbons (Fsp3) is 0.895. The van der Waals surface area contributed by atoms with Crippen molar-refractivity contribution in [3.63, 3.8) is 0 Å². The molecule has 0 fully saturated rings. The summed E-state index contributed by atoms with van der Waals surface area (Å²) in [6, 6.07) is -0.649. The first-order chi connectivity index (χ1) is 31.0. The van der Waals surface area contributed by atoms with E-state index in [1.54, 1.807) is 6.08 Å². The molecule has 372 valence electrons. The molecule has 2 unspecified atom stereocenters. The van der Waals surface area contributed by atoms with Gasteiger partial charge in [-0.1, -0.05) is 256 Å². The second kappa shape index (κ2) is 53.0. The molecule has 6 nitrogen and oxygen atoms in total. The van der Waals surface area contributed by atoms with Gasteiger partial charge in [-0.15, -0.1) is 0 Å². The quantitative estimate of drug-likeness (QED) is 0.0321. The van der Waals surface area contributed by atoms with Gasteiger partial charge in [0.1, 0.15) is 0 Å². The summed E-state index contributed by atoms with van der Waals surface area (Å²) in [4.78, 5) is 24.5. The van der Waals surface area contributed by atoms with E-state index < -0.39 is 12.1 Å². The molecule has 0 aromatic carbocycles. The second-order valence-corrected chi connectivity index (χ2v) is 19.3. The van der Waals surface area contributed by atoms with Crippen molar-refractivity contribution in [1.82, 2.24) is 5.32 Å². The van der Waals surface area contributed by atoms with E-state index in [1.807, 2.05) is 6.08 Å². The first-order valence-corrected chi connectivity index (χ1v) is 28.1. The molecule has 0 aliphatic heterocycles. The molecule has 0 aliphatic rings. The monoisotopic (exact) mass is 888 g/mol. The van der Waals surface area contributed by atoms with Gasteiger partial charge in [-0.25, -0.2) is 0 Å². The Balaban J connectivity index is 3.51. The highest BCUT2D eigenvalue weighted by atomic mass is 16.5. The largest absolute Gasteiger partial charge is 0.466 e. The van der Waals surface area contributed by atoms with Gasteiger partial charge in [0.25, 0.3) is 0 Å². The zero-order chi connectivity index (χ0) is 45.8. The Morgan fingerprint density at radius 1 is 0.429 bits per heavy atom. The molecule has 2 atom stereocenters. The Labute approximate surface area is 392 Å². The lowest BCUT2D eigenvalue weighted by atomic mass is 10.0. The number of ether oxygens (including phenoxy) is 1. The van der Waals surface area contributed by atoms with E-state index in [0.29, 0.717) is 19.4 Å². The number of nitrogens with one attached hydrogen (secondary N) is 1. The Morgan fingerprint density at radius 2 is 0.746 bits per heavy atom. The lowest BCUT2D eigenvalue weighted by molar-refractivity contribution is -0.143. The van der Waals surface area contributed by atoms with Crippen molar-refractivity contribution in [3.05, 3.63) is 24.3 Å². The maximum Gasteiger partial charge on any atom is 0.305 e. The van der Waals surface area contributed by atoms with Crippen molar-refractivity contribution in [3.8, 4) is 0 Å². The third kappa shape index (κ3) is 49.6. The van der Waals surface area contributed by atoms with E-state index >= 15 is 0 Å². The van der Waals surface area contributed by atoms with Crippen LogP contribution in [0, 0.1) is 0 Å². The molecule has 0 aromatic heterocycles. The number of amides is 1. The van der Waals surface area contributed by atoms with Gasteiger partial charge >= 0.3 is 5.97 Å². The summed E-state index contributed by atoms with van der Waals surface area (Å²) in [6.07, 6.45) is 63.3. The minimum atomic E-state index is -0.862. The van der Waals surface area contributed by atoms with Gasteiger partial charge in [0, 0.05) is 12.8 Å². The van der Waals surface area contributed by atoms with Crippen LogP contribution in [0.15, 0.2) is 24.3 Å². The molecule has 63 heavy (non-hydrogen) atoms. The number of unbranched alkanes of at least 4 members (excludes halogenated alkanes) is 39. The fourth-order valence-corrected chi connectivity index (χ4v) is 8.63. The van der Waals surface area contributed by atoms with Gasteiger partial charge in [0.2, 0.25) is 5.91 Å². The molecule has 0 saturated carbocycles. The summed E-state index contributed by atoms with van der Waals surface area (Å²) in [5.74, 6) is -0.124. The molecular formula is C57H109NO5. The number of carbonyl (C=O) groups excluding carboxylic acids is 2. The van der Waals surface area contributed by atoms with Crippen LogP contribution in [0.3, 0.4) is 0 Å². The minimum Gasteiger partial charge on any atom is -0.466 e. The third-order valence-electron chi connectivity index (χ3n) is 13.0. The SMILES string of the molecule is CCCCCCCC/C=C\CCCCCCCCCC(=O)OCCCCCCCCCCCC(=O)NC(CO)C(O)/C=C/CCCCCCCCCCCCCCCCCCCC. The van der Waals surface area contributed by atoms with E-state index in [4.69, 9.17) is 4.74 Å². The van der Waals surface area contributed by atoms with Crippen LogP contribution in [-0.4, -0.2) is 47.4 Å². The van der Waals surface area contributed by atoms with Gasteiger partial charge in [0.15, 0.2) is 0 Å². The summed E-state index contributed by atoms with van der Waals surface area (Å²) in [7, 11) is 0. The number of carbonyl (C=O) groups is 2. The Morgan fingerprint density at radius 3 is 1.13 bits per heavy atom. The summed E-state index contributed by atoms with van der Waals surface area (Å²) in [6.45, 7) is 4.85. The van der Waals surface area contributed by atoms with E-state index in [1.165, 1.54) is 218 Å². The fourth-order valence-electron chi connectivity index (χ4n) is 8.63. The smallest absolute Gasteiger partial charge is 0.305 e. The molecule has 1 amide bonds. The van der Waals surface area contributed by atoms with Gasteiger partial charge in [-0.3, -0.25) is 9.59 Å². The molecule has 0 bridgehead atoms. The predicted octanol–water partition coefficient (Wildman–Crippen LogP) is 17.1. The lowest BCUT2D eigenvalue weighted by Crippen LogP contribution is -2.45. The van der Waals surface area contributed by atoms with Crippen LogP contribution in [-0.2, 0) is 14.3 Å². The first-order valence-electron chi connectivity index (χ1n) is 28.1. The Hall–Kier alpha value is -1.66. The average molecular weight is 889 g/mol. The molecule has 0 heterocycles. The van der Waals surface area contributed by atoms with E-state index in [0.717, 1.165) is 57.8 Å². The standard InChI is InChI=1S/C57H109NO5/c1-3-5-7-9-11-13-15-17-19-21-22-23-25-26-28-30-33-37-41-45-49-55(60)54(53-59)58-56(61)50-46-42-38-34-32-36-40-44-48-52-63-57(62)51-47-43-39-35-31-29-27-24-20-18-16-14-12-10-8-6-4-2/h18,20,45,49,54-55,59-60H,3-17,19,21-44,46-48,50-53H2,1-2H3,(H,58,61)/b20-18-,49-45+. The number of hydrogen-bond donors (Lipinski definition) is 3. The van der Waals surface area contributed by atoms with Crippen molar-refractivity contribution >= 4 is 11.9 Å². The molecule has 0 saturated heterocycles. The van der Waals surface area contributed by atoms with Gasteiger partial charge < -0.3 is 20.3 Å². The van der Waals surface area contributed by atoms with E-state index in [2.05, 4.69) is 31.3 Å². The molecule has 0 rings (SSSR count). The zero-order valence-electron chi connectivity index (χ0n) is 42.3. The number of allylic oxidation sites excluding steroid dienone is 3. The zero-order valence-corrected chi connectivity index (χ0v) is 42.3. The number of rotatable bonds is 52. The van der Waals surface area contributed by atoms with Crippen LogP contribution in [0.2, 0.25) is 0 Å². The second-order valence-electron chi connectivity index (χ2n) is 19.3. The molecule has 6 heteroatoms. The Kier molecular flexibility index (Phi) is 51.6.